The van der Waals surface area contributed by atoms with Crippen LogP contribution in [0.1, 0.15) is 29.9 Å². The molecule has 2 aromatic carbocycles. The molecule has 1 aliphatic carbocycles. The van der Waals surface area contributed by atoms with Crippen LogP contribution in [0.4, 0.5) is 4.79 Å². The summed E-state index contributed by atoms with van der Waals surface area (Å²) in [7, 11) is 1.52. The molecule has 0 bridgehead atoms. The van der Waals surface area contributed by atoms with Crippen molar-refractivity contribution in [2.24, 2.45) is 0 Å². The number of carbonyl (C=O) groups is 3. The second-order valence-corrected chi connectivity index (χ2v) is 8.02. The van der Waals surface area contributed by atoms with E-state index in [9.17, 15) is 14.4 Å². The van der Waals surface area contributed by atoms with Gasteiger partial charge in [-0.1, -0.05) is 54.6 Å². The van der Waals surface area contributed by atoms with Gasteiger partial charge < -0.3 is 24.8 Å². The van der Waals surface area contributed by atoms with Gasteiger partial charge in [0, 0.05) is 32.5 Å². The molecule has 2 aromatic rings. The van der Waals surface area contributed by atoms with Gasteiger partial charge in [0.2, 0.25) is 5.91 Å². The Labute approximate surface area is 199 Å². The van der Waals surface area contributed by atoms with Gasteiger partial charge in [0.1, 0.15) is 12.6 Å². The fraction of sp³-hybridized carbons (Fsp3) is 0.346. The molecule has 1 unspecified atom stereocenters. The second kappa shape index (κ2) is 12.0. The number of carboxylic acid groups (broad SMARTS) is 1. The summed E-state index contributed by atoms with van der Waals surface area (Å²) in [6, 6.07) is 14.9. The third kappa shape index (κ3) is 6.02. The topological polar surface area (TPSA) is 105 Å². The molecule has 1 atom stereocenters. The van der Waals surface area contributed by atoms with Crippen LogP contribution >= 0.6 is 0 Å². The number of hydrogen-bond acceptors (Lipinski definition) is 5. The zero-order valence-electron chi connectivity index (χ0n) is 19.2. The lowest BCUT2D eigenvalue weighted by atomic mass is 9.98. The van der Waals surface area contributed by atoms with Crippen LogP contribution in [-0.2, 0) is 19.1 Å². The molecule has 0 heterocycles. The summed E-state index contributed by atoms with van der Waals surface area (Å²) in [6.07, 6.45) is 0.469. The molecule has 2 N–H and O–H groups in total. The third-order valence-corrected chi connectivity index (χ3v) is 5.81. The van der Waals surface area contributed by atoms with E-state index in [-0.39, 0.29) is 38.5 Å². The van der Waals surface area contributed by atoms with E-state index < -0.39 is 24.0 Å². The van der Waals surface area contributed by atoms with Crippen LogP contribution in [0, 0.1) is 0 Å². The Bertz CT molecular complexity index is 992. The highest BCUT2D eigenvalue weighted by atomic mass is 16.5. The summed E-state index contributed by atoms with van der Waals surface area (Å²) in [5.74, 6) is -1.59. The molecule has 0 radical (unpaired) electrons. The van der Waals surface area contributed by atoms with E-state index >= 15 is 0 Å². The first kappa shape index (κ1) is 25.0. The Morgan fingerprint density at radius 1 is 1.12 bits per heavy atom. The molecule has 180 valence electrons. The molecule has 0 saturated carbocycles. The molecule has 0 aromatic heterocycles. The normalized spacial score (nSPS) is 12.9. The maximum absolute atomic E-state index is 13.0. The summed E-state index contributed by atoms with van der Waals surface area (Å²) in [6.45, 7) is 4.59. The van der Waals surface area contributed by atoms with Crippen LogP contribution in [0.2, 0.25) is 0 Å². The van der Waals surface area contributed by atoms with Gasteiger partial charge in [-0.25, -0.2) is 4.79 Å². The lowest BCUT2D eigenvalue weighted by Crippen LogP contribution is -2.50. The van der Waals surface area contributed by atoms with E-state index in [1.54, 1.807) is 6.08 Å². The van der Waals surface area contributed by atoms with Crippen molar-refractivity contribution in [3.63, 3.8) is 0 Å². The first-order chi connectivity index (χ1) is 16.5. The number of carboxylic acids is 1. The van der Waals surface area contributed by atoms with Crippen molar-refractivity contribution < 1.29 is 29.0 Å². The average molecular weight is 467 g/mol. The van der Waals surface area contributed by atoms with E-state index in [0.29, 0.717) is 6.61 Å². The summed E-state index contributed by atoms with van der Waals surface area (Å²) >= 11 is 0. The van der Waals surface area contributed by atoms with E-state index in [1.807, 2.05) is 48.5 Å². The lowest BCUT2D eigenvalue weighted by molar-refractivity contribution is -0.138. The Hall–Kier alpha value is -3.65. The number of benzene rings is 2. The molecule has 1 aliphatic rings. The summed E-state index contributed by atoms with van der Waals surface area (Å²) in [5.41, 5.74) is 4.37. The van der Waals surface area contributed by atoms with Crippen LogP contribution in [0.25, 0.3) is 11.1 Å². The van der Waals surface area contributed by atoms with Gasteiger partial charge in [0.05, 0.1) is 6.61 Å². The molecular weight excluding hydrogens is 436 g/mol. The van der Waals surface area contributed by atoms with Gasteiger partial charge in [-0.05, 0) is 28.7 Å². The number of alkyl carbamates (subject to hydrolysis) is 1. The van der Waals surface area contributed by atoms with Crippen molar-refractivity contribution in [3.05, 3.63) is 72.3 Å². The molecule has 34 heavy (non-hydrogen) atoms. The number of methoxy groups -OCH3 is 1. The first-order valence-electron chi connectivity index (χ1n) is 11.2. The van der Waals surface area contributed by atoms with Gasteiger partial charge in [-0.15, -0.1) is 6.58 Å². The third-order valence-electron chi connectivity index (χ3n) is 5.81. The molecular formula is C26H30N2O6. The standard InChI is InChI=1S/C26H30N2O6/c1-3-14-28(15-16-33-2)25(31)23(12-13-24(29)30)27-26(32)34-17-22-20-10-6-4-8-18(20)19-9-5-7-11-21(19)22/h3-11,22-23H,1,12-17H2,2H3,(H,27,32)(H,29,30). The molecule has 0 aliphatic heterocycles. The van der Waals surface area contributed by atoms with Crippen LogP contribution in [0.3, 0.4) is 0 Å². The van der Waals surface area contributed by atoms with Crippen molar-refractivity contribution in [1.82, 2.24) is 10.2 Å². The van der Waals surface area contributed by atoms with Crippen molar-refractivity contribution in [2.45, 2.75) is 24.8 Å². The Morgan fingerprint density at radius 3 is 2.29 bits per heavy atom. The number of hydrogen-bond donors (Lipinski definition) is 2. The molecule has 0 saturated heterocycles. The van der Waals surface area contributed by atoms with Gasteiger partial charge in [0.15, 0.2) is 0 Å². The van der Waals surface area contributed by atoms with Crippen LogP contribution in [-0.4, -0.2) is 67.4 Å². The van der Waals surface area contributed by atoms with Crippen molar-refractivity contribution in [2.75, 3.05) is 33.4 Å². The zero-order valence-corrected chi connectivity index (χ0v) is 19.2. The zero-order chi connectivity index (χ0) is 24.5. The molecule has 2 amide bonds. The number of nitrogens with one attached hydrogen (secondary N) is 1. The number of aliphatic carboxylic acids is 1. The highest BCUT2D eigenvalue weighted by Gasteiger charge is 2.30. The van der Waals surface area contributed by atoms with E-state index in [1.165, 1.54) is 12.0 Å². The van der Waals surface area contributed by atoms with Gasteiger partial charge >= 0.3 is 12.1 Å². The molecule has 0 fully saturated rings. The number of amides is 2. The van der Waals surface area contributed by atoms with E-state index in [2.05, 4.69) is 11.9 Å². The summed E-state index contributed by atoms with van der Waals surface area (Å²) < 4.78 is 10.6. The largest absolute Gasteiger partial charge is 0.481 e. The summed E-state index contributed by atoms with van der Waals surface area (Å²) in [4.78, 5) is 38.3. The maximum atomic E-state index is 13.0. The van der Waals surface area contributed by atoms with Crippen LogP contribution < -0.4 is 5.32 Å². The molecule has 8 nitrogen and oxygen atoms in total. The molecule has 3 rings (SSSR count). The Kier molecular flexibility index (Phi) is 8.81. The highest BCUT2D eigenvalue weighted by molar-refractivity contribution is 5.86. The van der Waals surface area contributed by atoms with Crippen molar-refractivity contribution >= 4 is 18.0 Å². The monoisotopic (exact) mass is 466 g/mol. The summed E-state index contributed by atoms with van der Waals surface area (Å²) in [5, 5.41) is 11.7. The van der Waals surface area contributed by atoms with E-state index in [4.69, 9.17) is 14.6 Å². The van der Waals surface area contributed by atoms with Crippen LogP contribution in [0.15, 0.2) is 61.2 Å². The number of ether oxygens (including phenoxy) is 2. The minimum atomic E-state index is -1.06. The Morgan fingerprint density at radius 2 is 1.74 bits per heavy atom. The minimum absolute atomic E-state index is 0.0566. The average Bonchev–Trinajstić information content (AvgIpc) is 3.16. The van der Waals surface area contributed by atoms with E-state index in [0.717, 1.165) is 22.3 Å². The minimum Gasteiger partial charge on any atom is -0.481 e. The van der Waals surface area contributed by atoms with Gasteiger partial charge in [-0.3, -0.25) is 9.59 Å². The first-order valence-corrected chi connectivity index (χ1v) is 11.2. The molecule has 8 heteroatoms. The van der Waals surface area contributed by atoms with Gasteiger partial charge in [0.25, 0.3) is 0 Å². The maximum Gasteiger partial charge on any atom is 0.407 e. The Balaban J connectivity index is 1.69. The van der Waals surface area contributed by atoms with Crippen molar-refractivity contribution in [3.8, 4) is 11.1 Å². The fourth-order valence-corrected chi connectivity index (χ4v) is 4.18. The quantitative estimate of drug-likeness (QED) is 0.465. The SMILES string of the molecule is C=CCN(CCOC)C(=O)C(CCC(=O)O)NC(=O)OCC1c2ccccc2-c2ccccc21. The number of nitrogens with zero attached hydrogens (tertiary/aromatic N) is 1. The van der Waals surface area contributed by atoms with Crippen molar-refractivity contribution in [1.29, 1.82) is 0 Å². The predicted molar refractivity (Wildman–Crippen MR) is 128 cm³/mol. The lowest BCUT2D eigenvalue weighted by Gasteiger charge is -2.26. The number of rotatable bonds is 12. The predicted octanol–water partition coefficient (Wildman–Crippen LogP) is 3.42. The second-order valence-electron chi connectivity index (χ2n) is 8.02. The number of fused-ring (bicyclic) bond motifs is 3. The number of carbonyl (C=O) groups excluding carboxylic acids is 2. The van der Waals surface area contributed by atoms with Gasteiger partial charge in [-0.2, -0.15) is 0 Å². The molecule has 0 spiro atoms. The fourth-order valence-electron chi connectivity index (χ4n) is 4.18. The highest BCUT2D eigenvalue weighted by Crippen LogP contribution is 2.44. The smallest absolute Gasteiger partial charge is 0.407 e. The van der Waals surface area contributed by atoms with Crippen LogP contribution in [0.5, 0.6) is 0 Å².